The van der Waals surface area contributed by atoms with Crippen LogP contribution in [0.1, 0.15) is 5.56 Å². The molecule has 0 aliphatic rings. The molecule has 1 N–H and O–H groups in total. The number of rotatable bonds is 9. The molecule has 0 fully saturated rings. The van der Waals surface area contributed by atoms with Crippen LogP contribution in [0.5, 0.6) is 17.4 Å². The summed E-state index contributed by atoms with van der Waals surface area (Å²) < 4.78 is 16.0. The molecule has 29 heavy (non-hydrogen) atoms. The van der Waals surface area contributed by atoms with Crippen molar-refractivity contribution in [2.45, 2.75) is 6.42 Å². The molecule has 7 nitrogen and oxygen atoms in total. The highest BCUT2D eigenvalue weighted by Gasteiger charge is 2.08. The van der Waals surface area contributed by atoms with Crippen LogP contribution in [-0.4, -0.2) is 43.5 Å². The molecule has 0 aliphatic carbocycles. The molecule has 3 rings (SSSR count). The molecule has 1 heterocycles. The van der Waals surface area contributed by atoms with Gasteiger partial charge in [0.1, 0.15) is 18.1 Å². The van der Waals surface area contributed by atoms with Crippen molar-refractivity contribution < 1.29 is 19.0 Å². The van der Waals surface area contributed by atoms with E-state index in [-0.39, 0.29) is 12.3 Å². The van der Waals surface area contributed by atoms with E-state index in [4.69, 9.17) is 14.2 Å². The van der Waals surface area contributed by atoms with Gasteiger partial charge in [0.25, 0.3) is 0 Å². The Morgan fingerprint density at radius 3 is 2.41 bits per heavy atom. The van der Waals surface area contributed by atoms with Crippen LogP contribution >= 0.6 is 0 Å². The molecule has 0 atom stereocenters. The highest BCUT2D eigenvalue weighted by Crippen LogP contribution is 2.21. The number of hydrogen-bond donors (Lipinski definition) is 1. The Bertz CT molecular complexity index is 928. The number of carbonyl (C=O) groups excluding carboxylic acids is 1. The average molecular weight is 393 g/mol. The van der Waals surface area contributed by atoms with Crippen molar-refractivity contribution in [3.63, 3.8) is 0 Å². The highest BCUT2D eigenvalue weighted by molar-refractivity contribution is 5.79. The van der Waals surface area contributed by atoms with Gasteiger partial charge in [0.2, 0.25) is 11.8 Å². The summed E-state index contributed by atoms with van der Waals surface area (Å²) in [6, 6.07) is 18.6. The van der Waals surface area contributed by atoms with Crippen LogP contribution in [0.25, 0.3) is 11.3 Å². The standard InChI is InChI=1S/C22H23N3O4/c1-27-18-9-7-16(8-10-18)19-11-12-22(25-24-19)29-14-13-23-21(26)15-17-5-3-4-6-20(17)28-2/h3-12H,13-15H2,1-2H3,(H,23,26). The van der Waals surface area contributed by atoms with Crippen LogP contribution in [0.4, 0.5) is 0 Å². The predicted molar refractivity (Wildman–Crippen MR) is 109 cm³/mol. The Morgan fingerprint density at radius 2 is 1.72 bits per heavy atom. The number of carbonyl (C=O) groups is 1. The van der Waals surface area contributed by atoms with Gasteiger partial charge < -0.3 is 19.5 Å². The summed E-state index contributed by atoms with van der Waals surface area (Å²) >= 11 is 0. The van der Waals surface area contributed by atoms with Gasteiger partial charge in [-0.1, -0.05) is 18.2 Å². The van der Waals surface area contributed by atoms with Gasteiger partial charge in [0.05, 0.1) is 32.9 Å². The number of hydrogen-bond acceptors (Lipinski definition) is 6. The fourth-order valence-corrected chi connectivity index (χ4v) is 2.74. The van der Waals surface area contributed by atoms with E-state index in [0.717, 1.165) is 22.6 Å². The third-order valence-electron chi connectivity index (χ3n) is 4.24. The molecule has 0 spiro atoms. The minimum Gasteiger partial charge on any atom is -0.497 e. The van der Waals surface area contributed by atoms with Crippen molar-refractivity contribution in [1.29, 1.82) is 0 Å². The SMILES string of the molecule is COc1ccc(-c2ccc(OCCNC(=O)Cc3ccccc3OC)nn2)cc1. The first kappa shape index (κ1) is 20.1. The molecule has 0 aliphatic heterocycles. The van der Waals surface area contributed by atoms with Crippen LogP contribution < -0.4 is 19.5 Å². The van der Waals surface area contributed by atoms with Gasteiger partial charge >= 0.3 is 0 Å². The molecule has 0 radical (unpaired) electrons. The predicted octanol–water partition coefficient (Wildman–Crippen LogP) is 2.90. The van der Waals surface area contributed by atoms with E-state index < -0.39 is 0 Å². The number of ether oxygens (including phenoxy) is 3. The lowest BCUT2D eigenvalue weighted by atomic mass is 10.1. The molecule has 1 aromatic heterocycles. The van der Waals surface area contributed by atoms with Gasteiger partial charge in [0.15, 0.2) is 0 Å². The highest BCUT2D eigenvalue weighted by atomic mass is 16.5. The van der Waals surface area contributed by atoms with Crippen molar-refractivity contribution >= 4 is 5.91 Å². The van der Waals surface area contributed by atoms with Gasteiger partial charge in [0, 0.05) is 17.2 Å². The van der Waals surface area contributed by atoms with E-state index in [9.17, 15) is 4.79 Å². The van der Waals surface area contributed by atoms with Crippen LogP contribution in [0, 0.1) is 0 Å². The van der Waals surface area contributed by atoms with Crippen LogP contribution in [-0.2, 0) is 11.2 Å². The number of nitrogens with one attached hydrogen (secondary N) is 1. The number of nitrogens with zero attached hydrogens (tertiary/aromatic N) is 2. The van der Waals surface area contributed by atoms with E-state index in [0.29, 0.717) is 24.8 Å². The Labute approximate surface area is 169 Å². The van der Waals surface area contributed by atoms with Gasteiger partial charge in [-0.3, -0.25) is 4.79 Å². The summed E-state index contributed by atoms with van der Waals surface area (Å²) in [5, 5.41) is 11.1. The quantitative estimate of drug-likeness (QED) is 0.563. The largest absolute Gasteiger partial charge is 0.497 e. The van der Waals surface area contributed by atoms with E-state index in [1.165, 1.54) is 0 Å². The third-order valence-corrected chi connectivity index (χ3v) is 4.24. The zero-order valence-electron chi connectivity index (χ0n) is 16.4. The Morgan fingerprint density at radius 1 is 0.931 bits per heavy atom. The Hall–Kier alpha value is -3.61. The molecule has 0 saturated carbocycles. The van der Waals surface area contributed by atoms with Crippen LogP contribution in [0.2, 0.25) is 0 Å². The van der Waals surface area contributed by atoms with Gasteiger partial charge in [-0.2, -0.15) is 0 Å². The first-order valence-corrected chi connectivity index (χ1v) is 9.19. The zero-order valence-corrected chi connectivity index (χ0v) is 16.4. The fraction of sp³-hybridized carbons (Fsp3) is 0.227. The fourth-order valence-electron chi connectivity index (χ4n) is 2.74. The first-order chi connectivity index (χ1) is 14.2. The van der Waals surface area contributed by atoms with Crippen molar-refractivity contribution in [3.8, 4) is 28.6 Å². The smallest absolute Gasteiger partial charge is 0.233 e. The first-order valence-electron chi connectivity index (χ1n) is 9.19. The second-order valence-electron chi connectivity index (χ2n) is 6.17. The summed E-state index contributed by atoms with van der Waals surface area (Å²) in [7, 11) is 3.22. The van der Waals surface area contributed by atoms with Crippen molar-refractivity contribution in [2.24, 2.45) is 0 Å². The zero-order chi connectivity index (χ0) is 20.5. The maximum Gasteiger partial charge on any atom is 0.233 e. The van der Waals surface area contributed by atoms with E-state index >= 15 is 0 Å². The van der Waals surface area contributed by atoms with Gasteiger partial charge in [-0.25, -0.2) is 0 Å². The number of para-hydroxylation sites is 1. The van der Waals surface area contributed by atoms with Gasteiger partial charge in [-0.15, -0.1) is 10.2 Å². The molecular weight excluding hydrogens is 370 g/mol. The number of methoxy groups -OCH3 is 2. The lowest BCUT2D eigenvalue weighted by Crippen LogP contribution is -2.29. The average Bonchev–Trinajstić information content (AvgIpc) is 2.77. The Kier molecular flexibility index (Phi) is 7.00. The topological polar surface area (TPSA) is 82.6 Å². The second kappa shape index (κ2) is 10.1. The summed E-state index contributed by atoms with van der Waals surface area (Å²) in [6.45, 7) is 0.671. The van der Waals surface area contributed by atoms with E-state index in [1.807, 2.05) is 54.6 Å². The van der Waals surface area contributed by atoms with Crippen molar-refractivity contribution in [1.82, 2.24) is 15.5 Å². The summed E-state index contributed by atoms with van der Waals surface area (Å²) in [6.07, 6.45) is 0.250. The molecule has 2 aromatic carbocycles. The molecule has 3 aromatic rings. The molecule has 1 amide bonds. The monoisotopic (exact) mass is 393 g/mol. The number of amides is 1. The molecule has 7 heteroatoms. The molecule has 0 saturated heterocycles. The van der Waals surface area contributed by atoms with E-state index in [1.54, 1.807) is 20.3 Å². The molecule has 0 bridgehead atoms. The van der Waals surface area contributed by atoms with Crippen molar-refractivity contribution in [2.75, 3.05) is 27.4 Å². The van der Waals surface area contributed by atoms with E-state index in [2.05, 4.69) is 15.5 Å². The maximum absolute atomic E-state index is 12.1. The minimum absolute atomic E-state index is 0.0981. The van der Waals surface area contributed by atoms with Gasteiger partial charge in [-0.05, 0) is 36.4 Å². The molecule has 0 unspecified atom stereocenters. The molecular formula is C22H23N3O4. The molecule has 150 valence electrons. The van der Waals surface area contributed by atoms with Crippen LogP contribution in [0.15, 0.2) is 60.7 Å². The normalized spacial score (nSPS) is 10.3. The Balaban J connectivity index is 1.44. The number of benzene rings is 2. The summed E-state index contributed by atoms with van der Waals surface area (Å²) in [5.74, 6) is 1.79. The number of aromatic nitrogens is 2. The maximum atomic E-state index is 12.1. The van der Waals surface area contributed by atoms with Crippen molar-refractivity contribution in [3.05, 3.63) is 66.2 Å². The summed E-state index contributed by atoms with van der Waals surface area (Å²) in [5.41, 5.74) is 2.52. The minimum atomic E-state index is -0.0981. The summed E-state index contributed by atoms with van der Waals surface area (Å²) in [4.78, 5) is 12.1. The third kappa shape index (κ3) is 5.68. The lowest BCUT2D eigenvalue weighted by molar-refractivity contribution is -0.120. The van der Waals surface area contributed by atoms with Crippen LogP contribution in [0.3, 0.4) is 0 Å². The second-order valence-corrected chi connectivity index (χ2v) is 6.17. The lowest BCUT2D eigenvalue weighted by Gasteiger charge is -2.09.